The van der Waals surface area contributed by atoms with Gasteiger partial charge in [0.15, 0.2) is 0 Å². The standard InChI is InChI=1S/C18H27NO/c1-11-12(2)20-13(3)17(11)18(19)16-9-7-15(8-10-16)14-5-4-6-14/h7-14,17-18H,4-6,19H2,1-3H3. The molecule has 1 aliphatic carbocycles. The normalized spacial score (nSPS) is 35.8. The Kier molecular flexibility index (Phi) is 3.87. The number of nitrogens with two attached hydrogens (primary N) is 1. The van der Waals surface area contributed by atoms with Gasteiger partial charge in [0.2, 0.25) is 0 Å². The van der Waals surface area contributed by atoms with Crippen LogP contribution in [0.15, 0.2) is 24.3 Å². The van der Waals surface area contributed by atoms with Gasteiger partial charge in [-0.15, -0.1) is 0 Å². The highest BCUT2D eigenvalue weighted by molar-refractivity contribution is 5.29. The molecule has 2 aliphatic rings. The van der Waals surface area contributed by atoms with E-state index in [-0.39, 0.29) is 12.1 Å². The summed E-state index contributed by atoms with van der Waals surface area (Å²) in [6.07, 6.45) is 4.66. The fourth-order valence-corrected chi connectivity index (χ4v) is 3.87. The van der Waals surface area contributed by atoms with Gasteiger partial charge in [-0.3, -0.25) is 0 Å². The minimum Gasteiger partial charge on any atom is -0.375 e. The third kappa shape index (κ3) is 2.40. The first-order valence-corrected chi connectivity index (χ1v) is 8.09. The highest BCUT2D eigenvalue weighted by Gasteiger charge is 2.40. The summed E-state index contributed by atoms with van der Waals surface area (Å²) < 4.78 is 5.94. The summed E-state index contributed by atoms with van der Waals surface area (Å²) in [6.45, 7) is 6.59. The van der Waals surface area contributed by atoms with E-state index < -0.39 is 0 Å². The van der Waals surface area contributed by atoms with Gasteiger partial charge >= 0.3 is 0 Å². The van der Waals surface area contributed by atoms with Gasteiger partial charge in [0.05, 0.1) is 12.2 Å². The van der Waals surface area contributed by atoms with E-state index in [0.717, 1.165) is 5.92 Å². The highest BCUT2D eigenvalue weighted by atomic mass is 16.5. The Morgan fingerprint density at radius 2 is 1.70 bits per heavy atom. The molecule has 110 valence electrons. The molecule has 1 saturated carbocycles. The molecule has 2 heteroatoms. The molecular weight excluding hydrogens is 246 g/mol. The van der Waals surface area contributed by atoms with E-state index in [1.807, 2.05) is 0 Å². The summed E-state index contributed by atoms with van der Waals surface area (Å²) in [7, 11) is 0. The summed E-state index contributed by atoms with van der Waals surface area (Å²) in [5, 5.41) is 0. The van der Waals surface area contributed by atoms with Crippen molar-refractivity contribution in [2.45, 2.75) is 64.2 Å². The second-order valence-electron chi connectivity index (χ2n) is 6.80. The van der Waals surface area contributed by atoms with Crippen LogP contribution in [0.2, 0.25) is 0 Å². The smallest absolute Gasteiger partial charge is 0.0600 e. The van der Waals surface area contributed by atoms with Crippen LogP contribution in [-0.2, 0) is 4.74 Å². The van der Waals surface area contributed by atoms with Crippen molar-refractivity contribution in [1.82, 2.24) is 0 Å². The van der Waals surface area contributed by atoms with Crippen LogP contribution in [0.5, 0.6) is 0 Å². The number of ether oxygens (including phenoxy) is 1. The van der Waals surface area contributed by atoms with Crippen molar-refractivity contribution >= 4 is 0 Å². The molecule has 2 N–H and O–H groups in total. The molecule has 0 amide bonds. The van der Waals surface area contributed by atoms with E-state index in [9.17, 15) is 0 Å². The van der Waals surface area contributed by atoms with Crippen molar-refractivity contribution in [3.63, 3.8) is 0 Å². The highest BCUT2D eigenvalue weighted by Crippen LogP contribution is 2.40. The van der Waals surface area contributed by atoms with E-state index >= 15 is 0 Å². The number of benzene rings is 1. The van der Waals surface area contributed by atoms with Gasteiger partial charge in [0.25, 0.3) is 0 Å². The maximum absolute atomic E-state index is 6.54. The molecule has 1 heterocycles. The lowest BCUT2D eigenvalue weighted by atomic mass is 9.78. The van der Waals surface area contributed by atoms with E-state index in [0.29, 0.717) is 17.9 Å². The van der Waals surface area contributed by atoms with Gasteiger partial charge in [-0.1, -0.05) is 37.6 Å². The molecular formula is C18H27NO. The average Bonchev–Trinajstić information content (AvgIpc) is 2.61. The van der Waals surface area contributed by atoms with Crippen molar-refractivity contribution in [1.29, 1.82) is 0 Å². The molecule has 0 spiro atoms. The van der Waals surface area contributed by atoms with Crippen molar-refractivity contribution in [2.75, 3.05) is 0 Å². The van der Waals surface area contributed by atoms with Crippen molar-refractivity contribution < 1.29 is 4.74 Å². The lowest BCUT2D eigenvalue weighted by molar-refractivity contribution is 0.0489. The second-order valence-corrected chi connectivity index (χ2v) is 6.80. The molecule has 0 bridgehead atoms. The summed E-state index contributed by atoms with van der Waals surface area (Å²) in [5.41, 5.74) is 9.28. The molecule has 20 heavy (non-hydrogen) atoms. The minimum atomic E-state index is 0.0837. The Labute approximate surface area is 122 Å². The third-order valence-corrected chi connectivity index (χ3v) is 5.63. The number of hydrogen-bond acceptors (Lipinski definition) is 2. The topological polar surface area (TPSA) is 35.2 Å². The van der Waals surface area contributed by atoms with Crippen LogP contribution < -0.4 is 5.73 Å². The minimum absolute atomic E-state index is 0.0837. The van der Waals surface area contributed by atoms with Crippen molar-refractivity contribution in [3.8, 4) is 0 Å². The zero-order valence-corrected chi connectivity index (χ0v) is 12.9. The zero-order valence-electron chi connectivity index (χ0n) is 12.9. The van der Waals surface area contributed by atoms with Crippen LogP contribution in [0.3, 0.4) is 0 Å². The fraction of sp³-hybridized carbons (Fsp3) is 0.667. The lowest BCUT2D eigenvalue weighted by Crippen LogP contribution is -2.30. The van der Waals surface area contributed by atoms with Crippen molar-refractivity contribution in [3.05, 3.63) is 35.4 Å². The Balaban J connectivity index is 1.74. The van der Waals surface area contributed by atoms with Crippen LogP contribution in [0.4, 0.5) is 0 Å². The average molecular weight is 273 g/mol. The van der Waals surface area contributed by atoms with Crippen LogP contribution in [0.25, 0.3) is 0 Å². The van der Waals surface area contributed by atoms with Crippen LogP contribution in [0.1, 0.15) is 63.1 Å². The predicted molar refractivity (Wildman–Crippen MR) is 82.6 cm³/mol. The monoisotopic (exact) mass is 273 g/mol. The van der Waals surface area contributed by atoms with E-state index in [1.165, 1.54) is 30.4 Å². The van der Waals surface area contributed by atoms with Gasteiger partial charge in [-0.05, 0) is 49.7 Å². The van der Waals surface area contributed by atoms with Gasteiger partial charge in [-0.25, -0.2) is 0 Å². The summed E-state index contributed by atoms with van der Waals surface area (Å²) in [4.78, 5) is 0. The summed E-state index contributed by atoms with van der Waals surface area (Å²) in [6, 6.07) is 9.13. The van der Waals surface area contributed by atoms with Crippen LogP contribution in [-0.4, -0.2) is 12.2 Å². The Morgan fingerprint density at radius 3 is 2.15 bits per heavy atom. The molecule has 5 unspecified atom stereocenters. The zero-order chi connectivity index (χ0) is 14.3. The summed E-state index contributed by atoms with van der Waals surface area (Å²) in [5.74, 6) is 1.74. The molecule has 1 aromatic carbocycles. The van der Waals surface area contributed by atoms with Gasteiger partial charge in [-0.2, -0.15) is 0 Å². The summed E-state index contributed by atoms with van der Waals surface area (Å²) >= 11 is 0. The Bertz CT molecular complexity index is 451. The fourth-order valence-electron chi connectivity index (χ4n) is 3.87. The van der Waals surface area contributed by atoms with E-state index in [2.05, 4.69) is 45.0 Å². The largest absolute Gasteiger partial charge is 0.375 e. The van der Waals surface area contributed by atoms with Gasteiger partial charge in [0.1, 0.15) is 0 Å². The van der Waals surface area contributed by atoms with Gasteiger partial charge < -0.3 is 10.5 Å². The van der Waals surface area contributed by atoms with E-state index in [1.54, 1.807) is 0 Å². The first-order valence-electron chi connectivity index (χ1n) is 8.09. The number of hydrogen-bond donors (Lipinski definition) is 1. The van der Waals surface area contributed by atoms with Gasteiger partial charge in [0, 0.05) is 12.0 Å². The SMILES string of the molecule is CC1OC(C)C(C(N)c2ccc(C3CCC3)cc2)C1C. The molecule has 2 fully saturated rings. The maximum Gasteiger partial charge on any atom is 0.0600 e. The molecule has 0 radical (unpaired) electrons. The second kappa shape index (κ2) is 5.50. The van der Waals surface area contributed by atoms with Crippen LogP contribution in [0, 0.1) is 11.8 Å². The molecule has 5 atom stereocenters. The van der Waals surface area contributed by atoms with Crippen molar-refractivity contribution in [2.24, 2.45) is 17.6 Å². The molecule has 2 nitrogen and oxygen atoms in total. The third-order valence-electron chi connectivity index (χ3n) is 5.63. The maximum atomic E-state index is 6.54. The Morgan fingerprint density at radius 1 is 1.05 bits per heavy atom. The predicted octanol–water partition coefficient (Wildman–Crippen LogP) is 4.01. The van der Waals surface area contributed by atoms with E-state index in [4.69, 9.17) is 10.5 Å². The molecule has 3 rings (SSSR count). The molecule has 1 aliphatic heterocycles. The number of rotatable bonds is 3. The molecule has 1 saturated heterocycles. The van der Waals surface area contributed by atoms with Crippen LogP contribution >= 0.6 is 0 Å². The quantitative estimate of drug-likeness (QED) is 0.903. The molecule has 1 aromatic rings. The first kappa shape index (κ1) is 14.1. The first-order chi connectivity index (χ1) is 9.58. The molecule has 0 aromatic heterocycles. The Hall–Kier alpha value is -0.860. The lowest BCUT2D eigenvalue weighted by Gasteiger charge is -2.28.